The molecule has 0 saturated carbocycles. The summed E-state index contributed by atoms with van der Waals surface area (Å²) in [5, 5.41) is 0. The number of benzene rings is 1. The number of rotatable bonds is 9. The molecule has 0 fully saturated rings. The van der Waals surface area contributed by atoms with Crippen LogP contribution in [0, 0.1) is 6.92 Å². The zero-order chi connectivity index (χ0) is 14.8. The van der Waals surface area contributed by atoms with Crippen LogP contribution in [-0.2, 0) is 9.53 Å². The number of carbonyl (C=O) groups excluding carboxylic acids is 1. The summed E-state index contributed by atoms with van der Waals surface area (Å²) in [6.45, 7) is 6.03. The van der Waals surface area contributed by atoms with Crippen LogP contribution in [0.1, 0.15) is 32.3 Å². The van der Waals surface area contributed by atoms with Gasteiger partial charge in [0.15, 0.2) is 0 Å². The summed E-state index contributed by atoms with van der Waals surface area (Å²) < 4.78 is 11.1. The molecule has 20 heavy (non-hydrogen) atoms. The molecular formula is C16H24O3S. The molecular weight excluding hydrogens is 272 g/mol. The fourth-order valence-electron chi connectivity index (χ4n) is 1.71. The highest BCUT2D eigenvalue weighted by atomic mass is 32.2. The van der Waals surface area contributed by atoms with Crippen molar-refractivity contribution in [2.24, 2.45) is 0 Å². The lowest BCUT2D eigenvalue weighted by molar-refractivity contribution is -0.146. The van der Waals surface area contributed by atoms with Crippen LogP contribution in [0.2, 0.25) is 0 Å². The number of aryl methyl sites for hydroxylation is 1. The van der Waals surface area contributed by atoms with Crippen molar-refractivity contribution in [2.75, 3.05) is 18.1 Å². The van der Waals surface area contributed by atoms with Crippen molar-refractivity contribution in [3.05, 3.63) is 29.8 Å². The van der Waals surface area contributed by atoms with Gasteiger partial charge < -0.3 is 9.47 Å². The lowest BCUT2D eigenvalue weighted by Gasteiger charge is -2.18. The van der Waals surface area contributed by atoms with Crippen LogP contribution in [0.4, 0.5) is 0 Å². The summed E-state index contributed by atoms with van der Waals surface area (Å²) in [5.41, 5.74) is 1.09. The Morgan fingerprint density at radius 1 is 1.35 bits per heavy atom. The largest absolute Gasteiger partial charge is 0.489 e. The fraction of sp³-hybridized carbons (Fsp3) is 0.562. The van der Waals surface area contributed by atoms with Crippen LogP contribution in [0.5, 0.6) is 5.75 Å². The van der Waals surface area contributed by atoms with E-state index in [1.54, 1.807) is 0 Å². The maximum absolute atomic E-state index is 11.1. The van der Waals surface area contributed by atoms with E-state index < -0.39 is 0 Å². The number of para-hydroxylation sites is 1. The van der Waals surface area contributed by atoms with E-state index in [0.717, 1.165) is 22.8 Å². The first-order chi connectivity index (χ1) is 9.63. The number of esters is 1. The van der Waals surface area contributed by atoms with E-state index in [9.17, 15) is 4.79 Å². The zero-order valence-corrected chi connectivity index (χ0v) is 13.4. The van der Waals surface area contributed by atoms with Crippen molar-refractivity contribution >= 4 is 17.7 Å². The first kappa shape index (κ1) is 16.9. The molecule has 1 atom stereocenters. The molecule has 0 aromatic heterocycles. The average molecular weight is 296 g/mol. The van der Waals surface area contributed by atoms with Crippen LogP contribution in [0.25, 0.3) is 0 Å². The summed E-state index contributed by atoms with van der Waals surface area (Å²) in [6.07, 6.45) is 2.19. The van der Waals surface area contributed by atoms with E-state index >= 15 is 0 Å². The third-order valence-electron chi connectivity index (χ3n) is 2.80. The molecule has 1 aromatic carbocycles. The molecule has 4 heteroatoms. The minimum atomic E-state index is -0.250. The van der Waals surface area contributed by atoms with Crippen LogP contribution in [-0.4, -0.2) is 30.2 Å². The summed E-state index contributed by atoms with van der Waals surface area (Å²) in [5.74, 6) is 2.48. The Labute approximate surface area is 126 Å². The van der Waals surface area contributed by atoms with Gasteiger partial charge in [0.1, 0.15) is 18.5 Å². The maximum atomic E-state index is 11.1. The van der Waals surface area contributed by atoms with Crippen molar-refractivity contribution in [3.63, 3.8) is 0 Å². The predicted octanol–water partition coefficient (Wildman–Crippen LogP) is 3.84. The molecule has 0 N–H and O–H groups in total. The molecule has 0 aliphatic heterocycles. The van der Waals surface area contributed by atoms with E-state index in [-0.39, 0.29) is 12.1 Å². The lowest BCUT2D eigenvalue weighted by Crippen LogP contribution is -2.26. The van der Waals surface area contributed by atoms with Gasteiger partial charge in [-0.2, -0.15) is 11.8 Å². The number of unbranched alkanes of at least 4 members (excludes halogenated alkanes) is 1. The Bertz CT molecular complexity index is 406. The molecule has 0 bridgehead atoms. The summed E-state index contributed by atoms with van der Waals surface area (Å²) in [4.78, 5) is 11.1. The summed E-state index contributed by atoms with van der Waals surface area (Å²) in [6, 6.07) is 7.86. The van der Waals surface area contributed by atoms with Crippen molar-refractivity contribution < 1.29 is 14.3 Å². The van der Waals surface area contributed by atoms with Crippen molar-refractivity contribution in [1.29, 1.82) is 0 Å². The minimum Gasteiger partial charge on any atom is -0.489 e. The van der Waals surface area contributed by atoms with Gasteiger partial charge in [-0.05, 0) is 30.7 Å². The summed E-state index contributed by atoms with van der Waals surface area (Å²) in [7, 11) is 0. The highest BCUT2D eigenvalue weighted by Crippen LogP contribution is 2.17. The van der Waals surface area contributed by atoms with Gasteiger partial charge in [0.25, 0.3) is 0 Å². The molecule has 0 aliphatic carbocycles. The van der Waals surface area contributed by atoms with E-state index in [1.807, 2.05) is 43.0 Å². The molecule has 0 amide bonds. The molecule has 1 aromatic rings. The Kier molecular flexibility index (Phi) is 8.19. The number of carbonyl (C=O) groups is 1. The monoisotopic (exact) mass is 296 g/mol. The number of hydrogen-bond acceptors (Lipinski definition) is 4. The number of thioether (sulfide) groups is 1. The van der Waals surface area contributed by atoms with E-state index in [2.05, 4.69) is 6.92 Å². The average Bonchev–Trinajstić information content (AvgIpc) is 2.41. The third kappa shape index (κ3) is 6.85. The van der Waals surface area contributed by atoms with Crippen LogP contribution >= 0.6 is 11.8 Å². The second-order valence-corrected chi connectivity index (χ2v) is 5.89. The van der Waals surface area contributed by atoms with Gasteiger partial charge >= 0.3 is 5.97 Å². The van der Waals surface area contributed by atoms with Gasteiger partial charge in [-0.3, -0.25) is 4.79 Å². The normalized spacial score (nSPS) is 11.9. The zero-order valence-electron chi connectivity index (χ0n) is 12.6. The standard InChI is InChI=1S/C16H24O3S/c1-4-5-10-20-12-15(19-14(3)17)11-18-16-9-7-6-8-13(16)2/h6-9,15H,4-5,10-12H2,1-3H3/t15-/m0/s1. The first-order valence-corrected chi connectivity index (χ1v) is 8.22. The topological polar surface area (TPSA) is 35.5 Å². The van der Waals surface area contributed by atoms with Gasteiger partial charge in [0.2, 0.25) is 0 Å². The molecule has 112 valence electrons. The van der Waals surface area contributed by atoms with E-state index in [4.69, 9.17) is 9.47 Å². The Hall–Kier alpha value is -1.16. The second kappa shape index (κ2) is 9.70. The highest BCUT2D eigenvalue weighted by molar-refractivity contribution is 7.99. The van der Waals surface area contributed by atoms with Crippen LogP contribution < -0.4 is 4.74 Å². The van der Waals surface area contributed by atoms with Crippen molar-refractivity contribution in [2.45, 2.75) is 39.7 Å². The SMILES string of the molecule is CCCCSC[C@H](COc1ccccc1C)OC(C)=O. The molecule has 0 saturated heterocycles. The van der Waals surface area contributed by atoms with Gasteiger partial charge in [0, 0.05) is 12.7 Å². The number of ether oxygens (including phenoxy) is 2. The molecule has 0 unspecified atom stereocenters. The van der Waals surface area contributed by atoms with Gasteiger partial charge in [-0.1, -0.05) is 31.5 Å². The van der Waals surface area contributed by atoms with Crippen LogP contribution in [0.3, 0.4) is 0 Å². The molecule has 0 heterocycles. The molecule has 0 spiro atoms. The predicted molar refractivity (Wildman–Crippen MR) is 84.5 cm³/mol. The Morgan fingerprint density at radius 3 is 2.75 bits per heavy atom. The molecule has 0 radical (unpaired) electrons. The summed E-state index contributed by atoms with van der Waals surface area (Å²) >= 11 is 1.81. The smallest absolute Gasteiger partial charge is 0.303 e. The second-order valence-electron chi connectivity index (χ2n) is 4.74. The first-order valence-electron chi connectivity index (χ1n) is 7.07. The van der Waals surface area contributed by atoms with Crippen LogP contribution in [0.15, 0.2) is 24.3 Å². The lowest BCUT2D eigenvalue weighted by atomic mass is 10.2. The quantitative estimate of drug-likeness (QED) is 0.512. The van der Waals surface area contributed by atoms with Crippen molar-refractivity contribution in [3.8, 4) is 5.75 Å². The minimum absolute atomic E-state index is 0.186. The van der Waals surface area contributed by atoms with E-state index in [0.29, 0.717) is 6.61 Å². The molecule has 1 rings (SSSR count). The molecule has 3 nitrogen and oxygen atoms in total. The van der Waals surface area contributed by atoms with Gasteiger partial charge in [-0.15, -0.1) is 0 Å². The Morgan fingerprint density at radius 2 is 2.10 bits per heavy atom. The highest BCUT2D eigenvalue weighted by Gasteiger charge is 2.13. The number of hydrogen-bond donors (Lipinski definition) is 0. The third-order valence-corrected chi connectivity index (χ3v) is 3.98. The molecule has 0 aliphatic rings. The fourth-order valence-corrected chi connectivity index (χ4v) is 2.80. The van der Waals surface area contributed by atoms with Gasteiger partial charge in [-0.25, -0.2) is 0 Å². The van der Waals surface area contributed by atoms with Crippen molar-refractivity contribution in [1.82, 2.24) is 0 Å². The Balaban J connectivity index is 2.43. The maximum Gasteiger partial charge on any atom is 0.303 e. The van der Waals surface area contributed by atoms with E-state index in [1.165, 1.54) is 19.8 Å². The van der Waals surface area contributed by atoms with Gasteiger partial charge in [0.05, 0.1) is 0 Å².